The molecule has 0 aliphatic heterocycles. The molecule has 1 aromatic heterocycles. The second-order valence-electron chi connectivity index (χ2n) is 5.81. The maximum absolute atomic E-state index is 5.45. The molecule has 0 aliphatic carbocycles. The molecule has 0 saturated heterocycles. The van der Waals surface area contributed by atoms with Gasteiger partial charge in [0.2, 0.25) is 0 Å². The SMILES string of the molecule is COc1ccc(C(C)Nc2cc(C)nc3c(OC)cccc23)cc1. The molecule has 1 heterocycles. The topological polar surface area (TPSA) is 43.4 Å². The monoisotopic (exact) mass is 322 g/mol. The predicted molar refractivity (Wildman–Crippen MR) is 98.1 cm³/mol. The standard InChI is InChI=1S/C20H22N2O2/c1-13-12-18(17-6-5-7-19(24-4)20(17)21-13)22-14(2)15-8-10-16(23-3)11-9-15/h5-12,14H,1-4H3,(H,21,22). The van der Waals surface area contributed by atoms with E-state index in [0.717, 1.165) is 33.8 Å². The lowest BCUT2D eigenvalue weighted by molar-refractivity contribution is 0.414. The van der Waals surface area contributed by atoms with E-state index in [9.17, 15) is 0 Å². The Morgan fingerprint density at radius 3 is 2.42 bits per heavy atom. The number of hydrogen-bond donors (Lipinski definition) is 1. The summed E-state index contributed by atoms with van der Waals surface area (Å²) in [6.07, 6.45) is 0. The molecule has 1 N–H and O–H groups in total. The van der Waals surface area contributed by atoms with Gasteiger partial charge in [0.05, 0.1) is 14.2 Å². The number of anilines is 1. The number of pyridine rings is 1. The minimum absolute atomic E-state index is 0.159. The van der Waals surface area contributed by atoms with Crippen molar-refractivity contribution >= 4 is 16.6 Å². The number of para-hydroxylation sites is 1. The number of aryl methyl sites for hydroxylation is 1. The Kier molecular flexibility index (Phi) is 4.56. The molecule has 1 unspecified atom stereocenters. The number of hydrogen-bond acceptors (Lipinski definition) is 4. The zero-order valence-corrected chi connectivity index (χ0v) is 14.5. The molecule has 3 rings (SSSR count). The van der Waals surface area contributed by atoms with Crippen molar-refractivity contribution in [2.24, 2.45) is 0 Å². The minimum Gasteiger partial charge on any atom is -0.497 e. The minimum atomic E-state index is 0.159. The number of benzene rings is 2. The van der Waals surface area contributed by atoms with E-state index in [1.807, 2.05) is 31.2 Å². The van der Waals surface area contributed by atoms with Crippen molar-refractivity contribution in [3.8, 4) is 11.5 Å². The lowest BCUT2D eigenvalue weighted by Gasteiger charge is -2.18. The van der Waals surface area contributed by atoms with Crippen LogP contribution in [0.15, 0.2) is 48.5 Å². The fraction of sp³-hybridized carbons (Fsp3) is 0.250. The third kappa shape index (κ3) is 3.13. The summed E-state index contributed by atoms with van der Waals surface area (Å²) in [4.78, 5) is 4.63. The van der Waals surface area contributed by atoms with Crippen LogP contribution >= 0.6 is 0 Å². The van der Waals surface area contributed by atoms with Crippen LogP contribution in [0.2, 0.25) is 0 Å². The second-order valence-corrected chi connectivity index (χ2v) is 5.81. The quantitative estimate of drug-likeness (QED) is 0.737. The first kappa shape index (κ1) is 16.1. The van der Waals surface area contributed by atoms with Crippen LogP contribution in [0.25, 0.3) is 10.9 Å². The molecule has 0 amide bonds. The Morgan fingerprint density at radius 1 is 1.00 bits per heavy atom. The van der Waals surface area contributed by atoms with Crippen LogP contribution in [0, 0.1) is 6.92 Å². The van der Waals surface area contributed by atoms with Crippen molar-refractivity contribution in [3.63, 3.8) is 0 Å². The average molecular weight is 322 g/mol. The van der Waals surface area contributed by atoms with E-state index in [4.69, 9.17) is 9.47 Å². The van der Waals surface area contributed by atoms with Crippen molar-refractivity contribution in [1.82, 2.24) is 4.98 Å². The highest BCUT2D eigenvalue weighted by atomic mass is 16.5. The number of methoxy groups -OCH3 is 2. The van der Waals surface area contributed by atoms with E-state index in [1.165, 1.54) is 5.56 Å². The largest absolute Gasteiger partial charge is 0.497 e. The zero-order valence-electron chi connectivity index (χ0n) is 14.5. The van der Waals surface area contributed by atoms with Crippen molar-refractivity contribution < 1.29 is 9.47 Å². The van der Waals surface area contributed by atoms with Crippen LogP contribution in [-0.4, -0.2) is 19.2 Å². The van der Waals surface area contributed by atoms with Gasteiger partial charge in [-0.15, -0.1) is 0 Å². The highest BCUT2D eigenvalue weighted by molar-refractivity contribution is 5.95. The Labute approximate surface area is 142 Å². The van der Waals surface area contributed by atoms with E-state index >= 15 is 0 Å². The van der Waals surface area contributed by atoms with Gasteiger partial charge in [-0.05, 0) is 43.7 Å². The van der Waals surface area contributed by atoms with E-state index in [2.05, 4.69) is 41.5 Å². The molecule has 3 aromatic rings. The van der Waals surface area contributed by atoms with Crippen molar-refractivity contribution in [3.05, 3.63) is 59.8 Å². The van der Waals surface area contributed by atoms with Gasteiger partial charge in [0.15, 0.2) is 0 Å². The van der Waals surface area contributed by atoms with Crippen LogP contribution < -0.4 is 14.8 Å². The first-order chi connectivity index (χ1) is 11.6. The number of aromatic nitrogens is 1. The van der Waals surface area contributed by atoms with Gasteiger partial charge in [0.1, 0.15) is 17.0 Å². The maximum atomic E-state index is 5.45. The van der Waals surface area contributed by atoms with E-state index in [0.29, 0.717) is 0 Å². The van der Waals surface area contributed by atoms with Crippen LogP contribution in [0.1, 0.15) is 24.2 Å². The first-order valence-corrected chi connectivity index (χ1v) is 7.97. The smallest absolute Gasteiger partial charge is 0.145 e. The highest BCUT2D eigenvalue weighted by Gasteiger charge is 2.12. The second kappa shape index (κ2) is 6.79. The Hall–Kier alpha value is -2.75. The van der Waals surface area contributed by atoms with Crippen LogP contribution in [-0.2, 0) is 0 Å². The number of nitrogens with zero attached hydrogens (tertiary/aromatic N) is 1. The van der Waals surface area contributed by atoms with Crippen molar-refractivity contribution in [1.29, 1.82) is 0 Å². The molecule has 2 aromatic carbocycles. The molecule has 1 atom stereocenters. The lowest BCUT2D eigenvalue weighted by atomic mass is 10.1. The molecule has 0 radical (unpaired) electrons. The van der Waals surface area contributed by atoms with Gasteiger partial charge in [-0.25, -0.2) is 4.98 Å². The number of ether oxygens (including phenoxy) is 2. The molecule has 0 spiro atoms. The highest BCUT2D eigenvalue weighted by Crippen LogP contribution is 2.32. The van der Waals surface area contributed by atoms with Gasteiger partial charge in [0.25, 0.3) is 0 Å². The summed E-state index contributed by atoms with van der Waals surface area (Å²) in [5, 5.41) is 4.65. The number of fused-ring (bicyclic) bond motifs is 1. The number of rotatable bonds is 5. The predicted octanol–water partition coefficient (Wildman–Crippen LogP) is 4.73. The third-order valence-corrected chi connectivity index (χ3v) is 4.14. The molecular formula is C20H22N2O2. The summed E-state index contributed by atoms with van der Waals surface area (Å²) < 4.78 is 10.7. The van der Waals surface area contributed by atoms with Gasteiger partial charge >= 0.3 is 0 Å². The maximum Gasteiger partial charge on any atom is 0.145 e. The molecule has 4 heteroatoms. The Bertz CT molecular complexity index is 844. The van der Waals surface area contributed by atoms with E-state index in [1.54, 1.807) is 14.2 Å². The van der Waals surface area contributed by atoms with E-state index < -0.39 is 0 Å². The summed E-state index contributed by atoms with van der Waals surface area (Å²) in [5.41, 5.74) is 4.09. The summed E-state index contributed by atoms with van der Waals surface area (Å²) in [6.45, 7) is 4.14. The van der Waals surface area contributed by atoms with Gasteiger partial charge in [-0.3, -0.25) is 0 Å². The molecule has 0 bridgehead atoms. The summed E-state index contributed by atoms with van der Waals surface area (Å²) in [5.74, 6) is 1.65. The normalized spacial score (nSPS) is 12.0. The zero-order chi connectivity index (χ0) is 17.1. The summed E-state index contributed by atoms with van der Waals surface area (Å²) in [7, 11) is 3.35. The molecule has 0 aliphatic rings. The summed E-state index contributed by atoms with van der Waals surface area (Å²) in [6, 6.07) is 16.3. The fourth-order valence-electron chi connectivity index (χ4n) is 2.84. The Balaban J connectivity index is 1.96. The van der Waals surface area contributed by atoms with Crippen molar-refractivity contribution in [2.75, 3.05) is 19.5 Å². The van der Waals surface area contributed by atoms with Crippen LogP contribution in [0.4, 0.5) is 5.69 Å². The molecular weight excluding hydrogens is 300 g/mol. The molecule has 0 fully saturated rings. The van der Waals surface area contributed by atoms with E-state index in [-0.39, 0.29) is 6.04 Å². The van der Waals surface area contributed by atoms with Crippen molar-refractivity contribution in [2.45, 2.75) is 19.9 Å². The molecule has 4 nitrogen and oxygen atoms in total. The molecule has 24 heavy (non-hydrogen) atoms. The number of nitrogens with one attached hydrogen (secondary N) is 1. The third-order valence-electron chi connectivity index (χ3n) is 4.14. The average Bonchev–Trinajstić information content (AvgIpc) is 2.61. The first-order valence-electron chi connectivity index (χ1n) is 7.97. The van der Waals surface area contributed by atoms with Crippen LogP contribution in [0.3, 0.4) is 0 Å². The summed E-state index contributed by atoms with van der Waals surface area (Å²) >= 11 is 0. The van der Waals surface area contributed by atoms with Gasteiger partial charge < -0.3 is 14.8 Å². The fourth-order valence-corrected chi connectivity index (χ4v) is 2.84. The van der Waals surface area contributed by atoms with Gasteiger partial charge in [0, 0.05) is 22.8 Å². The Morgan fingerprint density at radius 2 is 1.75 bits per heavy atom. The molecule has 0 saturated carbocycles. The van der Waals surface area contributed by atoms with Gasteiger partial charge in [-0.2, -0.15) is 0 Å². The van der Waals surface area contributed by atoms with Crippen LogP contribution in [0.5, 0.6) is 11.5 Å². The van der Waals surface area contributed by atoms with Gasteiger partial charge in [-0.1, -0.05) is 24.3 Å². The molecule has 124 valence electrons. The lowest BCUT2D eigenvalue weighted by Crippen LogP contribution is -2.07.